The highest BCUT2D eigenvalue weighted by molar-refractivity contribution is 7.86. The fourth-order valence-corrected chi connectivity index (χ4v) is 1.27. The molecule has 0 radical (unpaired) electrons. The summed E-state index contributed by atoms with van der Waals surface area (Å²) in [6, 6.07) is 5.86. The van der Waals surface area contributed by atoms with E-state index in [9.17, 15) is 18.3 Å². The normalized spacial score (nSPS) is 11.3. The first kappa shape index (κ1) is 11.7. The molecule has 1 rings (SSSR count). The lowest BCUT2D eigenvalue weighted by molar-refractivity contribution is 0.0922. The first-order valence-electron chi connectivity index (χ1n) is 4.06. The molecule has 0 saturated carbocycles. The van der Waals surface area contributed by atoms with Gasteiger partial charge < -0.3 is 5.11 Å². The number of carbonyl (C=O) groups is 1. The summed E-state index contributed by atoms with van der Waals surface area (Å²) in [7, 11) is -3.64. The van der Waals surface area contributed by atoms with Gasteiger partial charge in [-0.25, -0.2) is 0 Å². The number of phenols is 1. The molecular formula is C9H10O5S. The topological polar surface area (TPSA) is 80.7 Å². The van der Waals surface area contributed by atoms with Crippen LogP contribution in [0.5, 0.6) is 5.75 Å². The Balaban J connectivity index is 2.75. The van der Waals surface area contributed by atoms with Crippen LogP contribution in [0.15, 0.2) is 24.3 Å². The van der Waals surface area contributed by atoms with Crippen LogP contribution in [0.1, 0.15) is 10.4 Å². The molecule has 82 valence electrons. The SMILES string of the molecule is CS(=O)(=O)OCC(=O)c1ccccc1O. The van der Waals surface area contributed by atoms with Crippen molar-refractivity contribution in [1.82, 2.24) is 0 Å². The number of para-hydroxylation sites is 1. The summed E-state index contributed by atoms with van der Waals surface area (Å²) in [5.74, 6) is -0.780. The summed E-state index contributed by atoms with van der Waals surface area (Å²) in [5.41, 5.74) is 0.0427. The van der Waals surface area contributed by atoms with Crippen molar-refractivity contribution in [2.45, 2.75) is 0 Å². The van der Waals surface area contributed by atoms with Crippen LogP contribution < -0.4 is 0 Å². The largest absolute Gasteiger partial charge is 0.507 e. The van der Waals surface area contributed by atoms with E-state index in [1.54, 1.807) is 12.1 Å². The van der Waals surface area contributed by atoms with Crippen molar-refractivity contribution in [3.8, 4) is 5.75 Å². The molecule has 0 aliphatic heterocycles. The molecule has 1 aromatic rings. The van der Waals surface area contributed by atoms with Crippen LogP contribution in [0.2, 0.25) is 0 Å². The molecule has 0 bridgehead atoms. The number of benzene rings is 1. The third-order valence-electron chi connectivity index (χ3n) is 1.61. The van der Waals surface area contributed by atoms with Crippen LogP contribution in [0.4, 0.5) is 0 Å². The van der Waals surface area contributed by atoms with E-state index in [4.69, 9.17) is 0 Å². The van der Waals surface area contributed by atoms with E-state index in [1.165, 1.54) is 12.1 Å². The van der Waals surface area contributed by atoms with Gasteiger partial charge in [-0.1, -0.05) is 12.1 Å². The molecular weight excluding hydrogens is 220 g/mol. The Morgan fingerprint density at radius 3 is 2.53 bits per heavy atom. The zero-order valence-corrected chi connectivity index (χ0v) is 8.82. The molecule has 0 unspecified atom stereocenters. The molecule has 0 spiro atoms. The molecule has 0 aliphatic carbocycles. The van der Waals surface area contributed by atoms with Crippen molar-refractivity contribution in [3.63, 3.8) is 0 Å². The number of rotatable bonds is 4. The van der Waals surface area contributed by atoms with Crippen LogP contribution in [0.3, 0.4) is 0 Å². The van der Waals surface area contributed by atoms with Gasteiger partial charge in [-0.15, -0.1) is 0 Å². The van der Waals surface area contributed by atoms with Gasteiger partial charge in [0.15, 0.2) is 5.78 Å². The second-order valence-electron chi connectivity index (χ2n) is 2.91. The van der Waals surface area contributed by atoms with Gasteiger partial charge in [0.1, 0.15) is 12.4 Å². The fourth-order valence-electron chi connectivity index (χ4n) is 0.948. The second-order valence-corrected chi connectivity index (χ2v) is 4.55. The van der Waals surface area contributed by atoms with E-state index in [-0.39, 0.29) is 11.3 Å². The van der Waals surface area contributed by atoms with Crippen LogP contribution >= 0.6 is 0 Å². The Hall–Kier alpha value is -1.40. The van der Waals surface area contributed by atoms with Crippen molar-refractivity contribution >= 4 is 15.9 Å². The van der Waals surface area contributed by atoms with Crippen molar-refractivity contribution in [1.29, 1.82) is 0 Å². The molecule has 0 atom stereocenters. The van der Waals surface area contributed by atoms with Gasteiger partial charge in [0.2, 0.25) is 0 Å². The molecule has 0 saturated heterocycles. The molecule has 6 heteroatoms. The van der Waals surface area contributed by atoms with Gasteiger partial charge in [0.25, 0.3) is 10.1 Å². The third-order valence-corrected chi connectivity index (χ3v) is 2.15. The standard InChI is InChI=1S/C9H10O5S/c1-15(12,13)14-6-9(11)7-4-2-3-5-8(7)10/h2-5,10H,6H2,1H3. The van der Waals surface area contributed by atoms with Crippen LogP contribution in [-0.4, -0.2) is 32.2 Å². The van der Waals surface area contributed by atoms with Crippen LogP contribution in [0.25, 0.3) is 0 Å². The van der Waals surface area contributed by atoms with E-state index in [0.29, 0.717) is 0 Å². The minimum absolute atomic E-state index is 0.0427. The number of Topliss-reactive ketones (excluding diaryl/α,β-unsaturated/α-hetero) is 1. The fraction of sp³-hybridized carbons (Fsp3) is 0.222. The Morgan fingerprint density at radius 2 is 2.00 bits per heavy atom. The lowest BCUT2D eigenvalue weighted by atomic mass is 10.1. The monoisotopic (exact) mass is 230 g/mol. The molecule has 5 nitrogen and oxygen atoms in total. The minimum Gasteiger partial charge on any atom is -0.507 e. The summed E-state index contributed by atoms with van der Waals surface area (Å²) in [4.78, 5) is 11.4. The summed E-state index contributed by atoms with van der Waals surface area (Å²) in [6.07, 6.45) is 0.852. The summed E-state index contributed by atoms with van der Waals surface area (Å²) in [6.45, 7) is -0.601. The van der Waals surface area contributed by atoms with Gasteiger partial charge >= 0.3 is 0 Å². The maximum Gasteiger partial charge on any atom is 0.264 e. The highest BCUT2D eigenvalue weighted by Gasteiger charge is 2.13. The zero-order chi connectivity index (χ0) is 11.5. The number of ketones is 1. The predicted octanol–water partition coefficient (Wildman–Crippen LogP) is 0.551. The second kappa shape index (κ2) is 4.41. The summed E-state index contributed by atoms with van der Waals surface area (Å²) < 4.78 is 25.5. The smallest absolute Gasteiger partial charge is 0.264 e. The number of aromatic hydroxyl groups is 1. The summed E-state index contributed by atoms with van der Waals surface area (Å²) >= 11 is 0. The number of carbonyl (C=O) groups excluding carboxylic acids is 1. The number of hydrogen-bond donors (Lipinski definition) is 1. The first-order valence-corrected chi connectivity index (χ1v) is 5.87. The molecule has 0 aliphatic rings. The Kier molecular flexibility index (Phi) is 3.43. The molecule has 1 aromatic carbocycles. The quantitative estimate of drug-likeness (QED) is 0.603. The lowest BCUT2D eigenvalue weighted by Gasteiger charge is -2.02. The van der Waals surface area contributed by atoms with Gasteiger partial charge in [-0.3, -0.25) is 8.98 Å². The van der Waals surface area contributed by atoms with E-state index < -0.39 is 22.5 Å². The number of phenolic OH excluding ortho intramolecular Hbond substituents is 1. The Bertz CT molecular complexity index is 463. The van der Waals surface area contributed by atoms with Crippen LogP contribution in [0, 0.1) is 0 Å². The number of hydrogen-bond acceptors (Lipinski definition) is 5. The van der Waals surface area contributed by atoms with Crippen molar-refractivity contribution in [3.05, 3.63) is 29.8 Å². The zero-order valence-electron chi connectivity index (χ0n) is 8.00. The van der Waals surface area contributed by atoms with Crippen molar-refractivity contribution < 1.29 is 22.5 Å². The maximum atomic E-state index is 11.4. The first-order chi connectivity index (χ1) is 6.90. The van der Waals surface area contributed by atoms with Gasteiger partial charge in [-0.05, 0) is 12.1 Å². The van der Waals surface area contributed by atoms with Crippen LogP contribution in [-0.2, 0) is 14.3 Å². The summed E-state index contributed by atoms with van der Waals surface area (Å²) in [5, 5.41) is 9.28. The van der Waals surface area contributed by atoms with E-state index in [1.807, 2.05) is 0 Å². The Morgan fingerprint density at radius 1 is 1.40 bits per heavy atom. The average Bonchev–Trinajstić information content (AvgIpc) is 2.14. The van der Waals surface area contributed by atoms with Crippen molar-refractivity contribution in [2.24, 2.45) is 0 Å². The highest BCUT2D eigenvalue weighted by atomic mass is 32.2. The van der Waals surface area contributed by atoms with E-state index in [2.05, 4.69) is 4.18 Å². The molecule has 0 aromatic heterocycles. The Labute approximate surface area is 87.4 Å². The highest BCUT2D eigenvalue weighted by Crippen LogP contribution is 2.16. The van der Waals surface area contributed by atoms with Gasteiger partial charge in [0.05, 0.1) is 11.8 Å². The predicted molar refractivity (Wildman–Crippen MR) is 53.2 cm³/mol. The van der Waals surface area contributed by atoms with E-state index >= 15 is 0 Å². The molecule has 15 heavy (non-hydrogen) atoms. The lowest BCUT2D eigenvalue weighted by Crippen LogP contribution is -2.13. The third kappa shape index (κ3) is 3.69. The molecule has 0 amide bonds. The maximum absolute atomic E-state index is 11.4. The van der Waals surface area contributed by atoms with Gasteiger partial charge in [0, 0.05) is 0 Å². The average molecular weight is 230 g/mol. The van der Waals surface area contributed by atoms with Gasteiger partial charge in [-0.2, -0.15) is 8.42 Å². The van der Waals surface area contributed by atoms with E-state index in [0.717, 1.165) is 6.26 Å². The van der Waals surface area contributed by atoms with Crippen molar-refractivity contribution in [2.75, 3.05) is 12.9 Å². The molecule has 1 N–H and O–H groups in total. The molecule has 0 fully saturated rings. The minimum atomic E-state index is -3.64. The molecule has 0 heterocycles.